The fraction of sp³-hybridized carbons (Fsp3) is 0.733. The largest absolute Gasteiger partial charge is 0.310 e. The fourth-order valence-corrected chi connectivity index (χ4v) is 1.86. The van der Waals surface area contributed by atoms with Gasteiger partial charge in [0.2, 0.25) is 0 Å². The molecule has 3 nitrogen and oxygen atoms in total. The van der Waals surface area contributed by atoms with Crippen molar-refractivity contribution in [3.8, 4) is 0 Å². The van der Waals surface area contributed by atoms with E-state index in [1.165, 1.54) is 18.4 Å². The minimum atomic E-state index is 0.351. The SMILES string of the molecule is Cc1nc(CCC(C)(C)C)ncc1CNC1CC1. The van der Waals surface area contributed by atoms with Gasteiger partial charge in [-0.25, -0.2) is 9.97 Å². The van der Waals surface area contributed by atoms with Gasteiger partial charge in [-0.1, -0.05) is 20.8 Å². The molecule has 2 rings (SSSR count). The highest BCUT2D eigenvalue weighted by Crippen LogP contribution is 2.21. The minimum Gasteiger partial charge on any atom is -0.310 e. The monoisotopic (exact) mass is 247 g/mol. The summed E-state index contributed by atoms with van der Waals surface area (Å²) >= 11 is 0. The normalized spacial score (nSPS) is 16.0. The highest BCUT2D eigenvalue weighted by atomic mass is 15.0. The van der Waals surface area contributed by atoms with E-state index in [2.05, 4.69) is 43.0 Å². The summed E-state index contributed by atoms with van der Waals surface area (Å²) in [5.74, 6) is 0.984. The summed E-state index contributed by atoms with van der Waals surface area (Å²) in [6.07, 6.45) is 6.75. The molecule has 0 aliphatic heterocycles. The molecular formula is C15H25N3. The Labute approximate surface area is 110 Å². The zero-order chi connectivity index (χ0) is 13.2. The van der Waals surface area contributed by atoms with Gasteiger partial charge in [0.25, 0.3) is 0 Å². The molecule has 1 aromatic rings. The van der Waals surface area contributed by atoms with Crippen LogP contribution in [0.15, 0.2) is 6.20 Å². The molecule has 1 saturated carbocycles. The molecule has 0 atom stereocenters. The summed E-state index contributed by atoms with van der Waals surface area (Å²) in [6.45, 7) is 9.78. The van der Waals surface area contributed by atoms with Crippen LogP contribution < -0.4 is 5.32 Å². The highest BCUT2D eigenvalue weighted by molar-refractivity contribution is 5.16. The molecular weight excluding hydrogens is 222 g/mol. The first-order chi connectivity index (χ1) is 8.44. The fourth-order valence-electron chi connectivity index (χ4n) is 1.86. The number of aromatic nitrogens is 2. The van der Waals surface area contributed by atoms with E-state index < -0.39 is 0 Å². The maximum atomic E-state index is 4.62. The second-order valence-corrected chi connectivity index (χ2v) is 6.61. The van der Waals surface area contributed by atoms with Crippen molar-refractivity contribution >= 4 is 0 Å². The Kier molecular flexibility index (Phi) is 4.00. The molecule has 1 aliphatic rings. The Hall–Kier alpha value is -0.960. The minimum absolute atomic E-state index is 0.351. The van der Waals surface area contributed by atoms with E-state index >= 15 is 0 Å². The lowest BCUT2D eigenvalue weighted by atomic mass is 9.90. The number of aryl methyl sites for hydroxylation is 2. The Balaban J connectivity index is 1.91. The van der Waals surface area contributed by atoms with E-state index in [1.807, 2.05) is 6.20 Å². The predicted molar refractivity (Wildman–Crippen MR) is 74.4 cm³/mol. The standard InChI is InChI=1S/C15H25N3/c1-11-12(9-16-13-5-6-13)10-17-14(18-11)7-8-15(2,3)4/h10,13,16H,5-9H2,1-4H3. The van der Waals surface area contributed by atoms with Crippen LogP contribution >= 0.6 is 0 Å². The molecule has 0 bridgehead atoms. The number of nitrogens with one attached hydrogen (secondary N) is 1. The van der Waals surface area contributed by atoms with Crippen LogP contribution in [0.5, 0.6) is 0 Å². The van der Waals surface area contributed by atoms with E-state index in [9.17, 15) is 0 Å². The van der Waals surface area contributed by atoms with Gasteiger partial charge >= 0.3 is 0 Å². The lowest BCUT2D eigenvalue weighted by Gasteiger charge is -2.17. The first-order valence-corrected chi connectivity index (χ1v) is 6.99. The molecule has 0 aromatic carbocycles. The van der Waals surface area contributed by atoms with Crippen molar-refractivity contribution in [1.29, 1.82) is 0 Å². The molecule has 1 aromatic heterocycles. The first-order valence-electron chi connectivity index (χ1n) is 6.99. The molecule has 100 valence electrons. The molecule has 18 heavy (non-hydrogen) atoms. The van der Waals surface area contributed by atoms with Gasteiger partial charge in [-0.3, -0.25) is 0 Å². The predicted octanol–water partition coefficient (Wildman–Crippen LogP) is 3.02. The van der Waals surface area contributed by atoms with Crippen molar-refractivity contribution in [2.24, 2.45) is 5.41 Å². The van der Waals surface area contributed by atoms with Crippen LogP contribution in [-0.2, 0) is 13.0 Å². The van der Waals surface area contributed by atoms with Gasteiger partial charge in [0.05, 0.1) is 0 Å². The van der Waals surface area contributed by atoms with E-state index in [-0.39, 0.29) is 0 Å². The Morgan fingerprint density at radius 3 is 2.61 bits per heavy atom. The maximum Gasteiger partial charge on any atom is 0.128 e. The number of rotatable bonds is 5. The average Bonchev–Trinajstić information content (AvgIpc) is 3.08. The van der Waals surface area contributed by atoms with E-state index in [4.69, 9.17) is 0 Å². The van der Waals surface area contributed by atoms with Crippen LogP contribution in [0.4, 0.5) is 0 Å². The van der Waals surface area contributed by atoms with Crippen molar-refractivity contribution in [2.45, 2.75) is 66.0 Å². The third kappa shape index (κ3) is 4.37. The van der Waals surface area contributed by atoms with Crippen molar-refractivity contribution in [3.05, 3.63) is 23.3 Å². The molecule has 0 amide bonds. The quantitative estimate of drug-likeness (QED) is 0.869. The van der Waals surface area contributed by atoms with Gasteiger partial charge in [-0.15, -0.1) is 0 Å². The Bertz CT molecular complexity index is 403. The van der Waals surface area contributed by atoms with Crippen molar-refractivity contribution in [2.75, 3.05) is 0 Å². The summed E-state index contributed by atoms with van der Waals surface area (Å²) in [5, 5.41) is 3.51. The zero-order valence-electron chi connectivity index (χ0n) is 12.1. The smallest absolute Gasteiger partial charge is 0.128 e. The highest BCUT2D eigenvalue weighted by Gasteiger charge is 2.20. The number of hydrogen-bond acceptors (Lipinski definition) is 3. The summed E-state index contributed by atoms with van der Waals surface area (Å²) in [6, 6.07) is 0.741. The summed E-state index contributed by atoms with van der Waals surface area (Å²) in [5.41, 5.74) is 2.71. The van der Waals surface area contributed by atoms with E-state index in [0.29, 0.717) is 5.41 Å². The lowest BCUT2D eigenvalue weighted by molar-refractivity contribution is 0.374. The van der Waals surface area contributed by atoms with Crippen LogP contribution in [0.2, 0.25) is 0 Å². The Morgan fingerprint density at radius 2 is 2.06 bits per heavy atom. The van der Waals surface area contributed by atoms with Gasteiger partial charge in [-0.05, 0) is 31.6 Å². The molecule has 3 heteroatoms. The molecule has 1 fully saturated rings. The summed E-state index contributed by atoms with van der Waals surface area (Å²) in [7, 11) is 0. The summed E-state index contributed by atoms with van der Waals surface area (Å²) < 4.78 is 0. The molecule has 0 radical (unpaired) electrons. The van der Waals surface area contributed by atoms with Crippen LogP contribution in [0.1, 0.15) is 57.1 Å². The Morgan fingerprint density at radius 1 is 1.33 bits per heavy atom. The molecule has 1 N–H and O–H groups in total. The average molecular weight is 247 g/mol. The maximum absolute atomic E-state index is 4.62. The summed E-state index contributed by atoms with van der Waals surface area (Å²) in [4.78, 5) is 9.11. The molecule has 0 unspecified atom stereocenters. The van der Waals surface area contributed by atoms with Gasteiger partial charge in [0, 0.05) is 36.5 Å². The van der Waals surface area contributed by atoms with E-state index in [0.717, 1.165) is 36.9 Å². The van der Waals surface area contributed by atoms with Gasteiger partial charge in [0.1, 0.15) is 5.82 Å². The van der Waals surface area contributed by atoms with Crippen molar-refractivity contribution in [1.82, 2.24) is 15.3 Å². The second-order valence-electron chi connectivity index (χ2n) is 6.61. The van der Waals surface area contributed by atoms with Gasteiger partial charge in [-0.2, -0.15) is 0 Å². The molecule has 1 heterocycles. The van der Waals surface area contributed by atoms with Crippen LogP contribution in [0.3, 0.4) is 0 Å². The van der Waals surface area contributed by atoms with Crippen LogP contribution in [-0.4, -0.2) is 16.0 Å². The van der Waals surface area contributed by atoms with Gasteiger partial charge < -0.3 is 5.32 Å². The molecule has 1 aliphatic carbocycles. The number of hydrogen-bond donors (Lipinski definition) is 1. The van der Waals surface area contributed by atoms with Crippen molar-refractivity contribution < 1.29 is 0 Å². The van der Waals surface area contributed by atoms with Crippen LogP contribution in [0.25, 0.3) is 0 Å². The van der Waals surface area contributed by atoms with E-state index in [1.54, 1.807) is 0 Å². The topological polar surface area (TPSA) is 37.8 Å². The first kappa shape index (κ1) is 13.5. The number of nitrogens with zero attached hydrogens (tertiary/aromatic N) is 2. The zero-order valence-corrected chi connectivity index (χ0v) is 12.1. The molecule has 0 spiro atoms. The third-order valence-electron chi connectivity index (χ3n) is 3.39. The van der Waals surface area contributed by atoms with Crippen molar-refractivity contribution in [3.63, 3.8) is 0 Å². The van der Waals surface area contributed by atoms with Crippen LogP contribution in [0, 0.1) is 12.3 Å². The van der Waals surface area contributed by atoms with Gasteiger partial charge in [0.15, 0.2) is 0 Å². The lowest BCUT2D eigenvalue weighted by Crippen LogP contribution is -2.17. The molecule has 0 saturated heterocycles. The second kappa shape index (κ2) is 5.35. The third-order valence-corrected chi connectivity index (χ3v) is 3.39.